The van der Waals surface area contributed by atoms with Crippen molar-refractivity contribution in [1.82, 2.24) is 0 Å². The number of ether oxygens (including phenoxy) is 1. The fourth-order valence-electron chi connectivity index (χ4n) is 2.34. The molecule has 1 aromatic carbocycles. The molecule has 26 heavy (non-hydrogen) atoms. The average Bonchev–Trinajstić information content (AvgIpc) is 2.90. The van der Waals surface area contributed by atoms with Crippen molar-refractivity contribution < 1.29 is 23.5 Å². The molecule has 0 spiro atoms. The van der Waals surface area contributed by atoms with E-state index in [1.807, 2.05) is 0 Å². The number of esters is 1. The molecule has 0 aliphatic carbocycles. The number of amides is 1. The minimum atomic E-state index is -0.605. The molecule has 1 heterocycles. The summed E-state index contributed by atoms with van der Waals surface area (Å²) in [6.07, 6.45) is 0. The monoisotopic (exact) mass is 378 g/mol. The Morgan fingerprint density at radius 1 is 1.23 bits per heavy atom. The van der Waals surface area contributed by atoms with Crippen molar-refractivity contribution in [2.24, 2.45) is 0 Å². The molecule has 2 N–H and O–H groups in total. The summed E-state index contributed by atoms with van der Waals surface area (Å²) in [6.45, 7) is 4.66. The van der Waals surface area contributed by atoms with Crippen LogP contribution in [-0.4, -0.2) is 30.8 Å². The molecule has 0 fully saturated rings. The summed E-state index contributed by atoms with van der Waals surface area (Å²) in [5.74, 6) is -1.76. The van der Waals surface area contributed by atoms with Crippen LogP contribution >= 0.6 is 11.3 Å². The van der Waals surface area contributed by atoms with Gasteiger partial charge in [0.15, 0.2) is 5.78 Å². The van der Waals surface area contributed by atoms with Crippen LogP contribution in [0.1, 0.15) is 39.4 Å². The number of hydrogen-bond donors (Lipinski definition) is 2. The van der Waals surface area contributed by atoms with Gasteiger partial charge in [-0.15, -0.1) is 11.3 Å². The third-order valence-corrected chi connectivity index (χ3v) is 4.82. The Bertz CT molecular complexity index is 848. The van der Waals surface area contributed by atoms with Crippen LogP contribution in [0.3, 0.4) is 0 Å². The van der Waals surface area contributed by atoms with E-state index in [1.165, 1.54) is 19.1 Å². The molecule has 8 heteroatoms. The maximum Gasteiger partial charge on any atom is 0.341 e. The second-order valence-corrected chi connectivity index (χ2v) is 6.44. The van der Waals surface area contributed by atoms with Gasteiger partial charge in [-0.3, -0.25) is 9.59 Å². The van der Waals surface area contributed by atoms with Crippen LogP contribution in [0.5, 0.6) is 0 Å². The van der Waals surface area contributed by atoms with Gasteiger partial charge in [0.2, 0.25) is 5.91 Å². The number of rotatable bonds is 7. The molecule has 138 valence electrons. The van der Waals surface area contributed by atoms with Gasteiger partial charge in [0.1, 0.15) is 10.8 Å². The van der Waals surface area contributed by atoms with Gasteiger partial charge < -0.3 is 15.4 Å². The van der Waals surface area contributed by atoms with Gasteiger partial charge in [0, 0.05) is 0 Å². The molecule has 0 saturated heterocycles. The lowest BCUT2D eigenvalue weighted by Crippen LogP contribution is -2.23. The van der Waals surface area contributed by atoms with Crippen LogP contribution in [0.2, 0.25) is 0 Å². The maximum atomic E-state index is 13.6. The first-order valence-corrected chi connectivity index (χ1v) is 8.76. The first-order valence-electron chi connectivity index (χ1n) is 7.94. The number of benzene rings is 1. The number of ketones is 1. The van der Waals surface area contributed by atoms with Gasteiger partial charge >= 0.3 is 5.97 Å². The number of para-hydroxylation sites is 1. The number of carbonyl (C=O) groups excluding carboxylic acids is 3. The van der Waals surface area contributed by atoms with Crippen molar-refractivity contribution in [3.63, 3.8) is 0 Å². The molecule has 0 saturated carbocycles. The van der Waals surface area contributed by atoms with E-state index < -0.39 is 17.7 Å². The third kappa shape index (κ3) is 4.45. The smallest absolute Gasteiger partial charge is 0.341 e. The number of thiophene rings is 1. The molecular formula is C18H19FN2O4S. The summed E-state index contributed by atoms with van der Waals surface area (Å²) >= 11 is 1.02. The minimum Gasteiger partial charge on any atom is -0.462 e. The Morgan fingerprint density at radius 2 is 1.92 bits per heavy atom. The zero-order valence-electron chi connectivity index (χ0n) is 14.6. The maximum absolute atomic E-state index is 13.6. The average molecular weight is 378 g/mol. The molecule has 1 aromatic heterocycles. The van der Waals surface area contributed by atoms with Crippen LogP contribution in [0.15, 0.2) is 24.3 Å². The highest BCUT2D eigenvalue weighted by atomic mass is 32.1. The first kappa shape index (κ1) is 19.6. The van der Waals surface area contributed by atoms with Crippen LogP contribution in [-0.2, 0) is 9.53 Å². The first-order chi connectivity index (χ1) is 12.3. The summed E-state index contributed by atoms with van der Waals surface area (Å²) in [7, 11) is 0. The molecular weight excluding hydrogens is 359 g/mol. The van der Waals surface area contributed by atoms with E-state index >= 15 is 0 Å². The lowest BCUT2D eigenvalue weighted by molar-refractivity contribution is -0.114. The molecule has 0 aliphatic rings. The highest BCUT2D eigenvalue weighted by Crippen LogP contribution is 2.34. The van der Waals surface area contributed by atoms with E-state index in [-0.39, 0.29) is 35.2 Å². The minimum absolute atomic E-state index is 0.168. The second kappa shape index (κ2) is 8.57. The van der Waals surface area contributed by atoms with Gasteiger partial charge in [-0.05, 0) is 38.5 Å². The Morgan fingerprint density at radius 3 is 2.54 bits per heavy atom. The number of nitrogens with one attached hydrogen (secondary N) is 2. The number of halogens is 1. The summed E-state index contributed by atoms with van der Waals surface area (Å²) in [5, 5.41) is 5.52. The van der Waals surface area contributed by atoms with E-state index in [1.54, 1.807) is 26.0 Å². The Hall–Kier alpha value is -2.74. The fourth-order valence-corrected chi connectivity index (χ4v) is 3.44. The van der Waals surface area contributed by atoms with Gasteiger partial charge in [-0.25, -0.2) is 9.18 Å². The number of carbonyl (C=O) groups is 3. The molecule has 2 rings (SSSR count). The number of Topliss-reactive ketones (excluding diaryl/α,β-unsaturated/α-hetero) is 1. The molecule has 6 nitrogen and oxygen atoms in total. The zero-order chi connectivity index (χ0) is 19.3. The number of hydrogen-bond acceptors (Lipinski definition) is 6. The fraction of sp³-hybridized carbons (Fsp3) is 0.278. The van der Waals surface area contributed by atoms with Crippen molar-refractivity contribution in [2.75, 3.05) is 23.8 Å². The Kier molecular flexibility index (Phi) is 6.46. The zero-order valence-corrected chi connectivity index (χ0v) is 15.5. The van der Waals surface area contributed by atoms with E-state index in [4.69, 9.17) is 4.74 Å². The van der Waals surface area contributed by atoms with Gasteiger partial charge in [0.25, 0.3) is 0 Å². The van der Waals surface area contributed by atoms with Crippen molar-refractivity contribution in [1.29, 1.82) is 0 Å². The topological polar surface area (TPSA) is 84.5 Å². The van der Waals surface area contributed by atoms with Crippen LogP contribution in [0, 0.1) is 12.7 Å². The third-order valence-electron chi connectivity index (χ3n) is 3.51. The molecule has 2 aromatic rings. The predicted octanol–water partition coefficient (Wildman–Crippen LogP) is 3.63. The van der Waals surface area contributed by atoms with E-state index in [2.05, 4.69) is 10.6 Å². The highest BCUT2D eigenvalue weighted by Gasteiger charge is 2.25. The quantitative estimate of drug-likeness (QED) is 0.568. The van der Waals surface area contributed by atoms with Crippen LogP contribution in [0.4, 0.5) is 15.1 Å². The van der Waals surface area contributed by atoms with E-state index in [0.29, 0.717) is 10.4 Å². The van der Waals surface area contributed by atoms with Gasteiger partial charge in [-0.1, -0.05) is 12.1 Å². The summed E-state index contributed by atoms with van der Waals surface area (Å²) < 4.78 is 18.6. The Labute approximate surface area is 154 Å². The van der Waals surface area contributed by atoms with Crippen LogP contribution < -0.4 is 10.6 Å². The van der Waals surface area contributed by atoms with Gasteiger partial charge in [0.05, 0.1) is 29.3 Å². The van der Waals surface area contributed by atoms with Crippen molar-refractivity contribution in [3.8, 4) is 0 Å². The van der Waals surface area contributed by atoms with E-state index in [0.717, 1.165) is 11.3 Å². The molecule has 0 radical (unpaired) electrons. The normalized spacial score (nSPS) is 10.3. The van der Waals surface area contributed by atoms with E-state index in [9.17, 15) is 18.8 Å². The van der Waals surface area contributed by atoms with Crippen molar-refractivity contribution in [2.45, 2.75) is 20.8 Å². The molecule has 0 aliphatic heterocycles. The summed E-state index contributed by atoms with van der Waals surface area (Å²) in [5.41, 5.74) is 0.833. The van der Waals surface area contributed by atoms with Crippen LogP contribution in [0.25, 0.3) is 0 Å². The largest absolute Gasteiger partial charge is 0.462 e. The lowest BCUT2D eigenvalue weighted by atomic mass is 10.1. The highest BCUT2D eigenvalue weighted by molar-refractivity contribution is 7.18. The number of anilines is 2. The van der Waals surface area contributed by atoms with Crippen molar-refractivity contribution >= 4 is 39.7 Å². The Balaban J connectivity index is 2.18. The molecule has 0 bridgehead atoms. The molecule has 1 amide bonds. The molecule has 0 atom stereocenters. The summed E-state index contributed by atoms with van der Waals surface area (Å²) in [6, 6.07) is 5.98. The SMILES string of the molecule is CCOC(=O)c1c(NC(=O)CNc2ccccc2F)sc(C(C)=O)c1C. The summed E-state index contributed by atoms with van der Waals surface area (Å²) in [4.78, 5) is 36.5. The van der Waals surface area contributed by atoms with Crippen molar-refractivity contribution in [3.05, 3.63) is 46.1 Å². The lowest BCUT2D eigenvalue weighted by Gasteiger charge is -2.09. The second-order valence-electron chi connectivity index (χ2n) is 5.42. The predicted molar refractivity (Wildman–Crippen MR) is 98.5 cm³/mol. The molecule has 0 unspecified atom stereocenters. The standard InChI is InChI=1S/C18H19FN2O4S/c1-4-25-18(24)15-10(2)16(11(3)22)26-17(15)21-14(23)9-20-13-8-6-5-7-12(13)19/h5-8,20H,4,9H2,1-3H3,(H,21,23). The van der Waals surface area contributed by atoms with Gasteiger partial charge in [-0.2, -0.15) is 0 Å².